The van der Waals surface area contributed by atoms with Crippen LogP contribution in [0.2, 0.25) is 0 Å². The fourth-order valence-corrected chi connectivity index (χ4v) is 6.31. The van der Waals surface area contributed by atoms with Gasteiger partial charge in [0.25, 0.3) is 0 Å². The van der Waals surface area contributed by atoms with Crippen molar-refractivity contribution < 1.29 is 19.4 Å². The standard InChI is InChI=1S/C107H4.C11H12N4O2.C10H10N4O2/c1-3-5-7-9-11-13-15-17-19-21-23-25-27-29-31-33-35-37-39-41-43-45-47-49-51-53-55-57-59-61-63-65-67-69-71-73-75-77-79-81-83-85-87-89-91-93-95-97-99-101-103-105-107-106-104-102-100-98-96-94-92-90-88-86-84-82-80-78-76-74-72-70-68-66-64-62-60-58-56-54-52-50-48-46-44-42-40-38-36-34-32-30-28-26-24-22-20-18-16-14-12-10-8-6-4-2;1-7-12-5-4-9(14-7)8-6-13-15(2)10(8)11(16)17-3;1-6-11-4-3-8(13-6)7-5-12-14(2)9(7)10(15)16/h1H,2H3;4-6H,1-3H3;3-5H,1-2H3,(H,15,16). The van der Waals surface area contributed by atoms with Gasteiger partial charge in [0.05, 0.1) is 42.0 Å². The fourth-order valence-electron chi connectivity index (χ4n) is 6.31. The van der Waals surface area contributed by atoms with Crippen LogP contribution >= 0.6 is 0 Å². The highest BCUT2D eigenvalue weighted by Gasteiger charge is 2.20. The van der Waals surface area contributed by atoms with E-state index in [4.69, 9.17) is 16.3 Å². The summed E-state index contributed by atoms with van der Waals surface area (Å²) in [5, 5.41) is 17.0. The van der Waals surface area contributed by atoms with Gasteiger partial charge in [0.15, 0.2) is 11.4 Å². The number of methoxy groups -OCH3 is 1. The van der Waals surface area contributed by atoms with Crippen LogP contribution in [-0.2, 0) is 18.8 Å². The number of carboxylic acid groups (broad SMARTS) is 1. The summed E-state index contributed by atoms with van der Waals surface area (Å²) in [6, 6.07) is 3.40. The molecule has 1 N–H and O–H groups in total. The summed E-state index contributed by atoms with van der Waals surface area (Å²) in [7, 11) is 4.61. The third-order valence-corrected chi connectivity index (χ3v) is 11.1. The van der Waals surface area contributed by atoms with E-state index in [2.05, 4.69) is 652 Å². The molecule has 0 saturated carbocycles. The third-order valence-electron chi connectivity index (χ3n) is 11.1. The van der Waals surface area contributed by atoms with Gasteiger partial charge in [0, 0.05) is 547 Å². The Morgan fingerprint density at radius 1 is 0.250 bits per heavy atom. The predicted molar refractivity (Wildman–Crippen MR) is 535 cm³/mol. The molecule has 12 nitrogen and oxygen atoms in total. The van der Waals surface area contributed by atoms with Gasteiger partial charge in [0.1, 0.15) is 11.6 Å². The molecule has 0 aromatic carbocycles. The van der Waals surface area contributed by atoms with Crippen molar-refractivity contribution in [2.75, 3.05) is 7.11 Å². The Morgan fingerprint density at radius 3 is 0.529 bits per heavy atom. The molecule has 0 saturated heterocycles. The van der Waals surface area contributed by atoms with Gasteiger partial charge in [0.2, 0.25) is 0 Å². The van der Waals surface area contributed by atoms with Gasteiger partial charge in [-0.05, 0) is 128 Å². The summed E-state index contributed by atoms with van der Waals surface area (Å²) < 4.78 is 7.51. The maximum absolute atomic E-state index is 11.6. The average molecular weight is 1740 g/mol. The molecule has 0 aliphatic rings. The van der Waals surface area contributed by atoms with Crippen molar-refractivity contribution in [3.8, 4) is 651 Å². The Bertz CT molecular complexity index is 9700. The number of aryl methyl sites for hydroxylation is 4. The molecule has 0 aliphatic carbocycles. The maximum atomic E-state index is 11.6. The van der Waals surface area contributed by atoms with E-state index in [9.17, 15) is 9.59 Å². The number of hydrogen-bond donors (Lipinski definition) is 1. The van der Waals surface area contributed by atoms with Crippen molar-refractivity contribution in [1.29, 1.82) is 0 Å². The SMILES string of the molecule is C#CC#CC#CC#CC#CC#CC#CC#CC#CC#CC#CC#CC#CC#CC#CC#CC#CC#CC#CC#CC#CC#CC#CC#CC#CC#CC#CC#CC#CC#CC#CC#CC#CC#CC#CC#CC#CC#CC#CC#CC#CC#CC#CC#CC#CC#CC#CC#CC#CC#CC#CC#CC#CC.COC(=O)c1c(-c2ccnc(C)n2)cnn1C.Cc1nccc(-c2cnn(C)c2C(=O)O)n1. The lowest BCUT2D eigenvalue weighted by Crippen LogP contribution is -2.10. The molecule has 0 bridgehead atoms. The summed E-state index contributed by atoms with van der Waals surface area (Å²) in [6.07, 6.45) is 11.3. The van der Waals surface area contributed by atoms with E-state index in [0.29, 0.717) is 39.9 Å². The first-order chi connectivity index (χ1) is 69.1. The Balaban J connectivity index is 0.00000164. The molecule has 0 fully saturated rings. The zero-order valence-electron chi connectivity index (χ0n) is 72.8. The molecule has 4 heterocycles. The molecule has 4 rings (SSSR count). The van der Waals surface area contributed by atoms with Crippen LogP contribution in [0.25, 0.3) is 22.5 Å². The first kappa shape index (κ1) is 108. The van der Waals surface area contributed by atoms with E-state index in [0.717, 1.165) is 0 Å². The molecule has 140 heavy (non-hydrogen) atoms. The van der Waals surface area contributed by atoms with Crippen LogP contribution in [0.4, 0.5) is 0 Å². The fraction of sp³-hybridized carbons (Fsp3) is 0.0469. The van der Waals surface area contributed by atoms with Gasteiger partial charge in [-0.2, -0.15) is 10.2 Å². The highest BCUT2D eigenvalue weighted by atomic mass is 16.5. The molecule has 4 aromatic heterocycles. The van der Waals surface area contributed by atoms with Crippen LogP contribution in [-0.4, -0.2) is 63.7 Å². The van der Waals surface area contributed by atoms with Crippen molar-refractivity contribution in [2.45, 2.75) is 20.8 Å². The largest absolute Gasteiger partial charge is 0.477 e. The van der Waals surface area contributed by atoms with Gasteiger partial charge in [-0.25, -0.2) is 29.5 Å². The van der Waals surface area contributed by atoms with Crippen LogP contribution in [0, 0.1) is 642 Å². The minimum Gasteiger partial charge on any atom is -0.477 e. The molecule has 0 atom stereocenters. The molecular formula is C128H26N8O4. The monoisotopic (exact) mass is 1740 g/mol. The van der Waals surface area contributed by atoms with Gasteiger partial charge >= 0.3 is 11.9 Å². The van der Waals surface area contributed by atoms with Crippen molar-refractivity contribution in [3.63, 3.8) is 0 Å². The average Bonchev–Trinajstić information content (AvgIpc) is 1.67. The lowest BCUT2D eigenvalue weighted by Gasteiger charge is -2.03. The molecule has 12 heteroatoms. The maximum Gasteiger partial charge on any atom is 0.357 e. The molecular weight excluding hydrogens is 1710 g/mol. The summed E-state index contributed by atoms with van der Waals surface area (Å²) in [4.78, 5) is 39.1. The number of terminal acetylenes is 1. The second-order valence-corrected chi connectivity index (χ2v) is 20.1. The normalized spacial score (nSPS) is 5.46. The minimum atomic E-state index is -1.02. The Hall–Kier alpha value is -27.8. The van der Waals surface area contributed by atoms with Crippen LogP contribution < -0.4 is 0 Å². The zero-order chi connectivity index (χ0) is 100. The highest BCUT2D eigenvalue weighted by Crippen LogP contribution is 2.22. The van der Waals surface area contributed by atoms with Gasteiger partial charge in [-0.15, -0.1) is 6.42 Å². The van der Waals surface area contributed by atoms with Crippen LogP contribution in [0.3, 0.4) is 0 Å². The summed E-state index contributed by atoms with van der Waals surface area (Å²) in [5.41, 5.74) is 2.87. The summed E-state index contributed by atoms with van der Waals surface area (Å²) >= 11 is 0. The predicted octanol–water partition coefficient (Wildman–Crippen LogP) is 2.67. The van der Waals surface area contributed by atoms with E-state index in [1.54, 1.807) is 65.6 Å². The van der Waals surface area contributed by atoms with Crippen molar-refractivity contribution in [2.24, 2.45) is 14.1 Å². The van der Waals surface area contributed by atoms with Crippen molar-refractivity contribution in [3.05, 3.63) is 60.0 Å². The molecule has 0 spiro atoms. The van der Waals surface area contributed by atoms with E-state index in [1.807, 2.05) is 0 Å². The Labute approximate surface area is 818 Å². The molecule has 602 valence electrons. The first-order valence-corrected chi connectivity index (χ1v) is 36.5. The second-order valence-electron chi connectivity index (χ2n) is 20.1. The third kappa shape index (κ3) is 66.9. The van der Waals surface area contributed by atoms with Gasteiger partial charge < -0.3 is 9.84 Å². The molecule has 0 radical (unpaired) electrons. The number of aromatic carboxylic acids is 1. The number of esters is 1. The van der Waals surface area contributed by atoms with Crippen LogP contribution in [0.5, 0.6) is 0 Å². The van der Waals surface area contributed by atoms with E-state index >= 15 is 0 Å². The van der Waals surface area contributed by atoms with Crippen molar-refractivity contribution in [1.82, 2.24) is 39.5 Å². The number of carbonyl (C=O) groups excluding carboxylic acids is 1. The quantitative estimate of drug-likeness (QED) is 0.239. The Morgan fingerprint density at radius 2 is 0.393 bits per heavy atom. The Kier molecular flexibility index (Phi) is 65.6. The summed E-state index contributed by atoms with van der Waals surface area (Å²) in [5.74, 6) is 262. The van der Waals surface area contributed by atoms with E-state index < -0.39 is 11.9 Å². The van der Waals surface area contributed by atoms with Crippen molar-refractivity contribution >= 4 is 11.9 Å². The van der Waals surface area contributed by atoms with Crippen LogP contribution in [0.1, 0.15) is 39.5 Å². The van der Waals surface area contributed by atoms with Crippen LogP contribution in [0.15, 0.2) is 36.9 Å². The lowest BCUT2D eigenvalue weighted by molar-refractivity contribution is 0.0588. The molecule has 0 unspecified atom stereocenters. The van der Waals surface area contributed by atoms with Gasteiger partial charge in [-0.3, -0.25) is 9.36 Å². The second kappa shape index (κ2) is 84.8. The van der Waals surface area contributed by atoms with E-state index in [-0.39, 0.29) is 5.69 Å². The highest BCUT2D eigenvalue weighted by molar-refractivity contribution is 5.95. The summed E-state index contributed by atoms with van der Waals surface area (Å²) in [6.45, 7) is 5.22. The number of aromatic nitrogens is 8. The number of hydrogen-bond acceptors (Lipinski definition) is 9. The topological polar surface area (TPSA) is 151 Å². The van der Waals surface area contributed by atoms with Gasteiger partial charge in [-0.1, -0.05) is 5.92 Å². The minimum absolute atomic E-state index is 0.123. The molecule has 0 amide bonds. The number of rotatable bonds is 4. The molecule has 4 aromatic rings. The number of nitrogens with zero attached hydrogens (tertiary/aromatic N) is 8. The van der Waals surface area contributed by atoms with E-state index in [1.165, 1.54) is 22.7 Å². The molecule has 0 aliphatic heterocycles. The lowest BCUT2D eigenvalue weighted by atomic mass is 10.2. The zero-order valence-corrected chi connectivity index (χ0v) is 72.8. The number of ether oxygens (including phenoxy) is 1. The number of carboxylic acids is 1. The smallest absolute Gasteiger partial charge is 0.357 e. The number of carbonyl (C=O) groups is 2. The first-order valence-electron chi connectivity index (χ1n) is 36.5.